The Hall–Kier alpha value is -1.10. The summed E-state index contributed by atoms with van der Waals surface area (Å²) in [6.07, 6.45) is 14.9. The van der Waals surface area contributed by atoms with E-state index in [9.17, 15) is 4.79 Å². The van der Waals surface area contributed by atoms with Gasteiger partial charge in [0.1, 0.15) is 6.17 Å². The molecule has 0 amide bonds. The molecule has 4 aliphatic carbocycles. The molecule has 52 heavy (non-hydrogen) atoms. The fraction of sp³-hybridized carbons (Fsp3) is 0.930. The predicted octanol–water partition coefficient (Wildman–Crippen LogP) is 9.47. The molecular formula is C43H71FO8. The molecule has 6 aliphatic rings. The van der Waals surface area contributed by atoms with Gasteiger partial charge >= 0.3 is 5.97 Å². The molecular weight excluding hydrogens is 663 g/mol. The zero-order chi connectivity index (χ0) is 37.1. The number of rotatable bonds is 15. The summed E-state index contributed by atoms with van der Waals surface area (Å²) in [5.74, 6) is 1.17. The van der Waals surface area contributed by atoms with E-state index in [1.165, 1.54) is 5.57 Å². The van der Waals surface area contributed by atoms with E-state index in [0.717, 1.165) is 96.7 Å². The summed E-state index contributed by atoms with van der Waals surface area (Å²) in [6, 6.07) is 0. The van der Waals surface area contributed by atoms with Crippen molar-refractivity contribution in [2.45, 2.75) is 188 Å². The lowest BCUT2D eigenvalue weighted by Crippen LogP contribution is -2.57. The van der Waals surface area contributed by atoms with E-state index in [-0.39, 0.29) is 59.8 Å². The van der Waals surface area contributed by atoms with Crippen LogP contribution in [-0.2, 0) is 38.0 Å². The van der Waals surface area contributed by atoms with Crippen molar-refractivity contribution in [3.63, 3.8) is 0 Å². The lowest BCUT2D eigenvalue weighted by Gasteiger charge is -2.60. The minimum absolute atomic E-state index is 0.0108. The fourth-order valence-electron chi connectivity index (χ4n) is 11.9. The van der Waals surface area contributed by atoms with E-state index in [1.807, 2.05) is 20.8 Å². The molecule has 13 atom stereocenters. The topological polar surface area (TPSA) is 81.7 Å². The number of carbonyl (C=O) groups is 1. The highest BCUT2D eigenvalue weighted by atomic mass is 19.1. The van der Waals surface area contributed by atoms with Crippen molar-refractivity contribution in [1.82, 2.24) is 0 Å². The molecule has 0 aromatic heterocycles. The van der Waals surface area contributed by atoms with Gasteiger partial charge in [-0.2, -0.15) is 0 Å². The number of halogens is 1. The molecule has 9 heteroatoms. The SMILES string of the molecule is CCOC(=O)[C@H](CC[C@H](F)C(C)(C)OC(C)OCC)[C@H]1CC[C@H]2[C@@H]3CC=C4C[C@@H](OC5CCCCO5)C[C@H](OC5CCCCO5)[C@]4(C)[C@H]3CC[C@]12C. The van der Waals surface area contributed by atoms with Crippen LogP contribution in [0, 0.1) is 40.4 Å². The largest absolute Gasteiger partial charge is 0.466 e. The summed E-state index contributed by atoms with van der Waals surface area (Å²) < 4.78 is 59.1. The summed E-state index contributed by atoms with van der Waals surface area (Å²) in [4.78, 5) is 13.7. The minimum Gasteiger partial charge on any atom is -0.466 e. The number of fused-ring (bicyclic) bond motifs is 5. The van der Waals surface area contributed by atoms with Crippen LogP contribution in [0.2, 0.25) is 0 Å². The molecule has 0 radical (unpaired) electrons. The highest BCUT2D eigenvalue weighted by Gasteiger charge is 2.62. The molecule has 298 valence electrons. The minimum atomic E-state index is -1.23. The summed E-state index contributed by atoms with van der Waals surface area (Å²) in [5, 5.41) is 0. The van der Waals surface area contributed by atoms with Gasteiger partial charge in [0.25, 0.3) is 0 Å². The van der Waals surface area contributed by atoms with Gasteiger partial charge in [-0.15, -0.1) is 0 Å². The molecule has 2 heterocycles. The Morgan fingerprint density at radius 1 is 0.942 bits per heavy atom. The number of allylic oxidation sites excluding steroid dienone is 1. The van der Waals surface area contributed by atoms with Crippen molar-refractivity contribution in [2.24, 2.45) is 40.4 Å². The number of ether oxygens (including phenoxy) is 7. The molecule has 8 nitrogen and oxygen atoms in total. The van der Waals surface area contributed by atoms with Crippen LogP contribution in [0.3, 0.4) is 0 Å². The van der Waals surface area contributed by atoms with Crippen LogP contribution in [0.25, 0.3) is 0 Å². The number of carbonyl (C=O) groups excluding carboxylic acids is 1. The van der Waals surface area contributed by atoms with Crippen molar-refractivity contribution in [3.8, 4) is 0 Å². The van der Waals surface area contributed by atoms with Crippen LogP contribution in [-0.4, -0.2) is 75.2 Å². The lowest BCUT2D eigenvalue weighted by atomic mass is 9.46. The molecule has 3 saturated carbocycles. The van der Waals surface area contributed by atoms with Crippen LogP contribution < -0.4 is 0 Å². The average Bonchev–Trinajstić information content (AvgIpc) is 3.46. The van der Waals surface area contributed by atoms with Crippen LogP contribution in [0.15, 0.2) is 11.6 Å². The third-order valence-electron chi connectivity index (χ3n) is 14.6. The number of esters is 1. The maximum atomic E-state index is 15.9. The third-order valence-corrected chi connectivity index (χ3v) is 14.6. The summed E-state index contributed by atoms with van der Waals surface area (Å²) in [7, 11) is 0. The Morgan fingerprint density at radius 3 is 2.31 bits per heavy atom. The Kier molecular flexibility index (Phi) is 13.5. The van der Waals surface area contributed by atoms with Gasteiger partial charge in [0.05, 0.1) is 30.3 Å². The van der Waals surface area contributed by atoms with Crippen LogP contribution in [0.1, 0.15) is 145 Å². The van der Waals surface area contributed by atoms with Gasteiger partial charge in [0.15, 0.2) is 18.9 Å². The van der Waals surface area contributed by atoms with E-state index in [0.29, 0.717) is 37.4 Å². The van der Waals surface area contributed by atoms with E-state index in [1.54, 1.807) is 13.8 Å². The van der Waals surface area contributed by atoms with Crippen LogP contribution in [0.5, 0.6) is 0 Å². The fourth-order valence-corrected chi connectivity index (χ4v) is 11.9. The van der Waals surface area contributed by atoms with Crippen molar-refractivity contribution in [3.05, 3.63) is 11.6 Å². The number of hydrogen-bond acceptors (Lipinski definition) is 8. The maximum absolute atomic E-state index is 15.9. The smallest absolute Gasteiger partial charge is 0.309 e. The Bertz CT molecular complexity index is 1200. The van der Waals surface area contributed by atoms with E-state index >= 15 is 4.39 Å². The van der Waals surface area contributed by atoms with Gasteiger partial charge in [-0.05, 0) is 154 Å². The van der Waals surface area contributed by atoms with Crippen molar-refractivity contribution in [2.75, 3.05) is 26.4 Å². The third kappa shape index (κ3) is 8.50. The van der Waals surface area contributed by atoms with Gasteiger partial charge < -0.3 is 33.2 Å². The maximum Gasteiger partial charge on any atom is 0.309 e. The lowest BCUT2D eigenvalue weighted by molar-refractivity contribution is -0.248. The van der Waals surface area contributed by atoms with Gasteiger partial charge in [-0.1, -0.05) is 25.5 Å². The van der Waals surface area contributed by atoms with Gasteiger partial charge in [0, 0.05) is 31.7 Å². The van der Waals surface area contributed by atoms with Gasteiger partial charge in [0.2, 0.25) is 0 Å². The van der Waals surface area contributed by atoms with E-state index < -0.39 is 18.1 Å². The number of alkyl halides is 1. The second kappa shape index (κ2) is 17.4. The first-order chi connectivity index (χ1) is 24.9. The zero-order valence-electron chi connectivity index (χ0n) is 33.5. The zero-order valence-corrected chi connectivity index (χ0v) is 33.5. The molecule has 0 N–H and O–H groups in total. The van der Waals surface area contributed by atoms with Crippen molar-refractivity contribution >= 4 is 5.97 Å². The van der Waals surface area contributed by atoms with Crippen molar-refractivity contribution < 1.29 is 42.3 Å². The van der Waals surface area contributed by atoms with Crippen LogP contribution in [0.4, 0.5) is 4.39 Å². The molecule has 6 rings (SSSR count). The highest BCUT2D eigenvalue weighted by Crippen LogP contribution is 2.68. The first-order valence-electron chi connectivity index (χ1n) is 21.2. The molecule has 5 fully saturated rings. The highest BCUT2D eigenvalue weighted by molar-refractivity contribution is 5.73. The monoisotopic (exact) mass is 735 g/mol. The van der Waals surface area contributed by atoms with Gasteiger partial charge in [-0.3, -0.25) is 4.79 Å². The molecule has 2 saturated heterocycles. The molecule has 2 aliphatic heterocycles. The average molecular weight is 735 g/mol. The summed E-state index contributed by atoms with van der Waals surface area (Å²) in [6.45, 7) is 16.5. The summed E-state index contributed by atoms with van der Waals surface area (Å²) >= 11 is 0. The molecule has 0 spiro atoms. The molecule has 0 aromatic rings. The standard InChI is InChI=1S/C43H71FO8/c1-8-46-28(3)52-41(4,5)36(44)21-18-32(40(45)47-9-2)34-20-19-33-31-17-16-29-26-30(50-38-14-10-12-24-48-38)27-37(51-39-15-11-13-25-49-39)43(29,7)35(31)22-23-42(33,34)6/h16,28,30-39H,8-15,17-27H2,1-7H3/t28?,30-,31+,32-,33+,34-,35+,36+,37+,38?,39?,42+,43+/m1/s1. The quantitative estimate of drug-likeness (QED) is 0.0936. The molecule has 0 bridgehead atoms. The Labute approximate surface area is 313 Å². The normalized spacial score (nSPS) is 39.7. The van der Waals surface area contributed by atoms with Crippen LogP contribution >= 0.6 is 0 Å². The summed E-state index contributed by atoms with van der Waals surface area (Å²) in [5.41, 5.74) is 0.373. The second-order valence-corrected chi connectivity index (χ2v) is 17.9. The van der Waals surface area contributed by atoms with Gasteiger partial charge in [-0.25, -0.2) is 4.39 Å². The first kappa shape index (κ1) is 40.6. The van der Waals surface area contributed by atoms with Crippen molar-refractivity contribution in [1.29, 1.82) is 0 Å². The molecule has 0 aromatic carbocycles. The second-order valence-electron chi connectivity index (χ2n) is 17.9. The predicted molar refractivity (Wildman–Crippen MR) is 198 cm³/mol. The Morgan fingerprint density at radius 2 is 1.65 bits per heavy atom. The van der Waals surface area contributed by atoms with E-state index in [4.69, 9.17) is 33.2 Å². The first-order valence-corrected chi connectivity index (χ1v) is 21.2. The van der Waals surface area contributed by atoms with E-state index in [2.05, 4.69) is 19.9 Å². The Balaban J connectivity index is 1.20. The number of hydrogen-bond donors (Lipinski definition) is 0. The molecule has 3 unspecified atom stereocenters.